The summed E-state index contributed by atoms with van der Waals surface area (Å²) in [6.07, 6.45) is 7.72. The van der Waals surface area contributed by atoms with Gasteiger partial charge in [0.1, 0.15) is 0 Å². The van der Waals surface area contributed by atoms with Crippen LogP contribution in [0.2, 0.25) is 0 Å². The van der Waals surface area contributed by atoms with Crippen molar-refractivity contribution in [2.45, 2.75) is 57.9 Å². The number of hydrogen-bond donors (Lipinski definition) is 3. The van der Waals surface area contributed by atoms with E-state index in [-0.39, 0.29) is 23.9 Å². The second-order valence-corrected chi connectivity index (χ2v) is 6.73. The highest BCUT2D eigenvalue weighted by Crippen LogP contribution is 2.31. The minimum atomic E-state index is -0.166. The highest BCUT2D eigenvalue weighted by Gasteiger charge is 2.29. The Balaban J connectivity index is 1.58. The van der Waals surface area contributed by atoms with Gasteiger partial charge < -0.3 is 16.0 Å². The van der Waals surface area contributed by atoms with Crippen LogP contribution in [-0.2, 0) is 4.79 Å². The topological polar surface area (TPSA) is 70.2 Å². The number of urea groups is 1. The minimum Gasteiger partial charge on any atom is -0.335 e. The summed E-state index contributed by atoms with van der Waals surface area (Å²) in [7, 11) is 0. The minimum absolute atomic E-state index is 0.0805. The molecule has 23 heavy (non-hydrogen) atoms. The number of carbonyl (C=O) groups excluding carboxylic acids is 2. The highest BCUT2D eigenvalue weighted by atomic mass is 16.2. The summed E-state index contributed by atoms with van der Waals surface area (Å²) >= 11 is 0. The summed E-state index contributed by atoms with van der Waals surface area (Å²) in [5, 5.41) is 8.86. The fourth-order valence-corrected chi connectivity index (χ4v) is 3.01. The van der Waals surface area contributed by atoms with E-state index >= 15 is 0 Å². The maximum absolute atomic E-state index is 12.1. The molecule has 1 aromatic carbocycles. The molecule has 0 unspecified atom stereocenters. The number of aryl methyl sites for hydroxylation is 1. The molecular weight excluding hydrogens is 290 g/mol. The van der Waals surface area contributed by atoms with Crippen LogP contribution in [0.25, 0.3) is 0 Å². The summed E-state index contributed by atoms with van der Waals surface area (Å²) in [5.41, 5.74) is 2.48. The van der Waals surface area contributed by atoms with Crippen molar-refractivity contribution >= 4 is 23.3 Å². The lowest BCUT2D eigenvalue weighted by molar-refractivity contribution is -0.117. The van der Waals surface area contributed by atoms with Gasteiger partial charge in [-0.3, -0.25) is 4.79 Å². The molecule has 2 saturated carbocycles. The molecule has 2 aliphatic carbocycles. The zero-order valence-electron chi connectivity index (χ0n) is 13.7. The first kappa shape index (κ1) is 15.8. The van der Waals surface area contributed by atoms with Crippen LogP contribution < -0.4 is 16.0 Å². The third kappa shape index (κ3) is 4.47. The zero-order chi connectivity index (χ0) is 16.2. The summed E-state index contributed by atoms with van der Waals surface area (Å²) in [4.78, 5) is 24.0. The van der Waals surface area contributed by atoms with Crippen LogP contribution in [0, 0.1) is 12.8 Å². The molecule has 0 radical (unpaired) electrons. The maximum atomic E-state index is 12.1. The van der Waals surface area contributed by atoms with E-state index < -0.39 is 0 Å². The molecule has 0 spiro atoms. The lowest BCUT2D eigenvalue weighted by Crippen LogP contribution is -2.39. The van der Waals surface area contributed by atoms with Gasteiger partial charge in [0.05, 0.1) is 0 Å². The van der Waals surface area contributed by atoms with Crippen LogP contribution in [0.1, 0.15) is 50.5 Å². The number of anilines is 2. The number of nitrogens with one attached hydrogen (secondary N) is 3. The van der Waals surface area contributed by atoms with Gasteiger partial charge in [0.2, 0.25) is 5.91 Å². The lowest BCUT2D eigenvalue weighted by atomic mass is 9.96. The van der Waals surface area contributed by atoms with Gasteiger partial charge >= 0.3 is 6.03 Å². The summed E-state index contributed by atoms with van der Waals surface area (Å²) in [6.45, 7) is 1.95. The molecule has 0 bridgehead atoms. The number of rotatable bonds is 4. The normalized spacial score (nSPS) is 18.3. The van der Waals surface area contributed by atoms with Gasteiger partial charge in [-0.15, -0.1) is 0 Å². The molecule has 3 amide bonds. The van der Waals surface area contributed by atoms with Crippen LogP contribution in [0.15, 0.2) is 18.2 Å². The van der Waals surface area contributed by atoms with E-state index in [1.165, 1.54) is 19.3 Å². The van der Waals surface area contributed by atoms with Gasteiger partial charge in [0, 0.05) is 23.3 Å². The zero-order valence-corrected chi connectivity index (χ0v) is 13.7. The maximum Gasteiger partial charge on any atom is 0.319 e. The molecule has 2 fully saturated rings. The van der Waals surface area contributed by atoms with Crippen molar-refractivity contribution in [1.29, 1.82) is 0 Å². The Morgan fingerprint density at radius 3 is 2.43 bits per heavy atom. The van der Waals surface area contributed by atoms with E-state index in [0.717, 1.165) is 36.9 Å². The largest absolute Gasteiger partial charge is 0.335 e. The summed E-state index contributed by atoms with van der Waals surface area (Å²) in [5.74, 6) is 0.248. The molecule has 2 aliphatic rings. The van der Waals surface area contributed by atoms with E-state index in [1.807, 2.05) is 25.1 Å². The highest BCUT2D eigenvalue weighted by molar-refractivity contribution is 5.96. The Hall–Kier alpha value is -2.04. The number of hydrogen-bond acceptors (Lipinski definition) is 2. The van der Waals surface area contributed by atoms with E-state index in [4.69, 9.17) is 0 Å². The average molecular weight is 315 g/mol. The molecule has 1 aromatic rings. The molecule has 3 N–H and O–H groups in total. The summed E-state index contributed by atoms with van der Waals surface area (Å²) in [6, 6.07) is 5.72. The Bertz CT molecular complexity index is 590. The standard InChI is InChI=1S/C18H25N3O2/c1-12-7-10-15(11-16(12)21-17(22)13-8-9-13)20-18(23)19-14-5-3-2-4-6-14/h7,10-11,13-14H,2-6,8-9H2,1H3,(H,21,22)(H2,19,20,23). The van der Waals surface area contributed by atoms with Gasteiger partial charge in [-0.1, -0.05) is 25.3 Å². The molecule has 0 heterocycles. The van der Waals surface area contributed by atoms with E-state index in [9.17, 15) is 9.59 Å². The number of benzene rings is 1. The quantitative estimate of drug-likeness (QED) is 0.791. The fraction of sp³-hybridized carbons (Fsp3) is 0.556. The second kappa shape index (κ2) is 7.02. The van der Waals surface area contributed by atoms with Gasteiger partial charge in [-0.25, -0.2) is 4.79 Å². The molecule has 124 valence electrons. The summed E-state index contributed by atoms with van der Waals surface area (Å²) < 4.78 is 0. The lowest BCUT2D eigenvalue weighted by Gasteiger charge is -2.23. The Labute approximate surface area is 137 Å². The average Bonchev–Trinajstić information content (AvgIpc) is 3.36. The van der Waals surface area contributed by atoms with E-state index in [2.05, 4.69) is 16.0 Å². The van der Waals surface area contributed by atoms with Crippen molar-refractivity contribution in [3.63, 3.8) is 0 Å². The first-order valence-electron chi connectivity index (χ1n) is 8.61. The number of amides is 3. The fourth-order valence-electron chi connectivity index (χ4n) is 3.01. The first-order chi connectivity index (χ1) is 11.1. The molecule has 0 saturated heterocycles. The predicted octanol–water partition coefficient (Wildman–Crippen LogP) is 3.80. The number of carbonyl (C=O) groups is 2. The first-order valence-corrected chi connectivity index (χ1v) is 8.61. The molecule has 5 nitrogen and oxygen atoms in total. The van der Waals surface area contributed by atoms with Crippen LogP contribution in [0.5, 0.6) is 0 Å². The predicted molar refractivity (Wildman–Crippen MR) is 91.6 cm³/mol. The second-order valence-electron chi connectivity index (χ2n) is 6.73. The van der Waals surface area contributed by atoms with Gasteiger partial charge in [0.25, 0.3) is 0 Å². The van der Waals surface area contributed by atoms with Gasteiger partial charge in [-0.2, -0.15) is 0 Å². The van der Waals surface area contributed by atoms with E-state index in [1.54, 1.807) is 0 Å². The SMILES string of the molecule is Cc1ccc(NC(=O)NC2CCCCC2)cc1NC(=O)C1CC1. The van der Waals surface area contributed by atoms with Crippen molar-refractivity contribution in [2.75, 3.05) is 10.6 Å². The van der Waals surface area contributed by atoms with E-state index in [0.29, 0.717) is 5.69 Å². The Morgan fingerprint density at radius 2 is 1.74 bits per heavy atom. The smallest absolute Gasteiger partial charge is 0.319 e. The molecule has 3 rings (SSSR count). The monoisotopic (exact) mass is 315 g/mol. The van der Waals surface area contributed by atoms with Crippen LogP contribution in [0.3, 0.4) is 0 Å². The van der Waals surface area contributed by atoms with Crippen molar-refractivity contribution < 1.29 is 9.59 Å². The van der Waals surface area contributed by atoms with Crippen molar-refractivity contribution in [3.05, 3.63) is 23.8 Å². The Kier molecular flexibility index (Phi) is 4.84. The van der Waals surface area contributed by atoms with Gasteiger partial charge in [-0.05, 0) is 50.3 Å². The molecule has 0 aromatic heterocycles. The Morgan fingerprint density at radius 1 is 1.00 bits per heavy atom. The molecular formula is C18H25N3O2. The van der Waals surface area contributed by atoms with Crippen LogP contribution in [-0.4, -0.2) is 18.0 Å². The third-order valence-corrected chi connectivity index (χ3v) is 4.64. The van der Waals surface area contributed by atoms with Crippen LogP contribution >= 0.6 is 0 Å². The molecule has 0 atom stereocenters. The van der Waals surface area contributed by atoms with Crippen molar-refractivity contribution in [2.24, 2.45) is 5.92 Å². The van der Waals surface area contributed by atoms with Crippen LogP contribution in [0.4, 0.5) is 16.2 Å². The molecule has 0 aliphatic heterocycles. The van der Waals surface area contributed by atoms with Crippen molar-refractivity contribution in [3.8, 4) is 0 Å². The van der Waals surface area contributed by atoms with Gasteiger partial charge in [0.15, 0.2) is 0 Å². The molecule has 5 heteroatoms. The van der Waals surface area contributed by atoms with Crippen molar-refractivity contribution in [1.82, 2.24) is 5.32 Å². The third-order valence-electron chi connectivity index (χ3n) is 4.64.